The van der Waals surface area contributed by atoms with E-state index in [4.69, 9.17) is 21.1 Å². The lowest BCUT2D eigenvalue weighted by Gasteiger charge is -2.40. The third kappa shape index (κ3) is 4.97. The molecule has 1 aromatic carbocycles. The maximum atomic E-state index is 11.1. The van der Waals surface area contributed by atoms with Gasteiger partial charge < -0.3 is 29.6 Å². The van der Waals surface area contributed by atoms with E-state index in [1.807, 2.05) is 43.3 Å². The molecule has 0 bridgehead atoms. The summed E-state index contributed by atoms with van der Waals surface area (Å²) in [6.07, 6.45) is 1.82. The first-order chi connectivity index (χ1) is 13.9. The summed E-state index contributed by atoms with van der Waals surface area (Å²) in [7, 11) is 0. The molecular formula is C22H25ClO6. The van der Waals surface area contributed by atoms with Crippen molar-refractivity contribution in [3.8, 4) is 5.75 Å². The summed E-state index contributed by atoms with van der Waals surface area (Å²) < 4.78 is 11.0. The van der Waals surface area contributed by atoms with Crippen LogP contribution in [0.15, 0.2) is 59.2 Å². The van der Waals surface area contributed by atoms with Crippen LogP contribution < -0.4 is 4.74 Å². The van der Waals surface area contributed by atoms with Gasteiger partial charge in [-0.15, -0.1) is 0 Å². The van der Waals surface area contributed by atoms with Crippen molar-refractivity contribution in [1.29, 1.82) is 0 Å². The van der Waals surface area contributed by atoms with E-state index in [0.29, 0.717) is 24.3 Å². The Labute approximate surface area is 174 Å². The van der Waals surface area contributed by atoms with Gasteiger partial charge in [0, 0.05) is 11.0 Å². The van der Waals surface area contributed by atoms with Gasteiger partial charge in [-0.25, -0.2) is 0 Å². The summed E-state index contributed by atoms with van der Waals surface area (Å²) >= 11 is 6.43. The number of carbonyl (C=O) groups is 1. The van der Waals surface area contributed by atoms with Crippen LogP contribution in [0.2, 0.25) is 0 Å². The minimum Gasteiger partial charge on any atom is -0.494 e. The monoisotopic (exact) mass is 420 g/mol. The lowest BCUT2D eigenvalue weighted by atomic mass is 9.87. The van der Waals surface area contributed by atoms with Crippen LogP contribution >= 0.6 is 11.6 Å². The number of carbonyl (C=O) groups excluding carboxylic acids is 1. The molecule has 0 aromatic heterocycles. The van der Waals surface area contributed by atoms with Crippen LogP contribution in [0.3, 0.4) is 0 Å². The first kappa shape index (κ1) is 21.7. The van der Waals surface area contributed by atoms with Gasteiger partial charge in [0.15, 0.2) is 6.29 Å². The van der Waals surface area contributed by atoms with E-state index in [1.165, 1.54) is 0 Å². The number of aldehydes is 1. The van der Waals surface area contributed by atoms with Crippen molar-refractivity contribution in [2.75, 3.05) is 6.61 Å². The zero-order chi connectivity index (χ0) is 21.0. The van der Waals surface area contributed by atoms with Crippen LogP contribution in [0.5, 0.6) is 5.75 Å². The fourth-order valence-electron chi connectivity index (χ4n) is 3.49. The van der Waals surface area contributed by atoms with Gasteiger partial charge >= 0.3 is 0 Å². The standard InChI is InChI=1S/C22H25ClO6/c1-2-28-16-8-3-13(4-9-16)11-15-6-5-14(7-10-17(15)23)22-21(27)20(26)19(25)18(12-24)29-22/h3-10,12,14,18-22,25-27H,2,11H2,1H3/t14?,18-,19-,20+,21-,22+/m1/s1. The normalized spacial score (nSPS) is 32.2. The van der Waals surface area contributed by atoms with E-state index in [1.54, 1.807) is 12.2 Å². The fraction of sp³-hybridized carbons (Fsp3) is 0.409. The van der Waals surface area contributed by atoms with Crippen LogP contribution in [-0.4, -0.2) is 58.7 Å². The Balaban J connectivity index is 1.74. The first-order valence-electron chi connectivity index (χ1n) is 9.56. The van der Waals surface area contributed by atoms with E-state index < -0.39 is 36.4 Å². The molecule has 1 fully saturated rings. The number of benzene rings is 1. The Hall–Kier alpha value is -1.96. The second-order valence-electron chi connectivity index (χ2n) is 7.10. The number of hydrogen-bond donors (Lipinski definition) is 3. The molecular weight excluding hydrogens is 396 g/mol. The Bertz CT molecular complexity index is 800. The van der Waals surface area contributed by atoms with Crippen LogP contribution in [-0.2, 0) is 16.0 Å². The minimum atomic E-state index is -1.47. The average Bonchev–Trinajstić information content (AvgIpc) is 2.90. The molecule has 0 radical (unpaired) electrons. The van der Waals surface area contributed by atoms with E-state index in [0.717, 1.165) is 16.9 Å². The lowest BCUT2D eigenvalue weighted by molar-refractivity contribution is -0.219. The number of aliphatic hydroxyl groups excluding tert-OH is 3. The van der Waals surface area contributed by atoms with Crippen LogP contribution in [0.25, 0.3) is 0 Å². The molecule has 6 nitrogen and oxygen atoms in total. The number of ether oxygens (including phenoxy) is 2. The topological polar surface area (TPSA) is 96.2 Å². The van der Waals surface area contributed by atoms with Crippen molar-refractivity contribution in [1.82, 2.24) is 0 Å². The van der Waals surface area contributed by atoms with Crippen molar-refractivity contribution < 1.29 is 29.6 Å². The zero-order valence-corrected chi connectivity index (χ0v) is 16.8. The highest BCUT2D eigenvalue weighted by molar-refractivity contribution is 6.31. The molecule has 2 aliphatic rings. The predicted octanol–water partition coefficient (Wildman–Crippen LogP) is 1.91. The molecule has 29 heavy (non-hydrogen) atoms. The molecule has 1 unspecified atom stereocenters. The molecule has 0 saturated carbocycles. The second kappa shape index (κ2) is 9.69. The number of halogens is 1. The summed E-state index contributed by atoms with van der Waals surface area (Å²) in [4.78, 5) is 11.1. The summed E-state index contributed by atoms with van der Waals surface area (Å²) in [5, 5.41) is 30.8. The molecule has 0 amide bonds. The Morgan fingerprint density at radius 3 is 2.41 bits per heavy atom. The third-order valence-electron chi connectivity index (χ3n) is 5.12. The number of rotatable bonds is 6. The van der Waals surface area contributed by atoms with Crippen LogP contribution in [0.1, 0.15) is 12.5 Å². The summed E-state index contributed by atoms with van der Waals surface area (Å²) in [5.74, 6) is 0.378. The number of aliphatic hydroxyl groups is 3. The Morgan fingerprint density at radius 1 is 1.07 bits per heavy atom. The highest BCUT2D eigenvalue weighted by Gasteiger charge is 2.45. The van der Waals surface area contributed by atoms with Crippen LogP contribution in [0, 0.1) is 5.92 Å². The van der Waals surface area contributed by atoms with Gasteiger partial charge in [0.05, 0.1) is 12.7 Å². The van der Waals surface area contributed by atoms with E-state index in [2.05, 4.69) is 0 Å². The summed E-state index contributed by atoms with van der Waals surface area (Å²) in [5.41, 5.74) is 1.94. The zero-order valence-electron chi connectivity index (χ0n) is 16.0. The minimum absolute atomic E-state index is 0.429. The van der Waals surface area contributed by atoms with E-state index in [-0.39, 0.29) is 0 Å². The number of hydrogen-bond acceptors (Lipinski definition) is 6. The molecule has 1 aliphatic carbocycles. The van der Waals surface area contributed by atoms with Gasteiger partial charge in [-0.2, -0.15) is 0 Å². The molecule has 3 N–H and O–H groups in total. The molecule has 3 rings (SSSR count). The SMILES string of the molecule is CCOc1ccc(CC2=C(Cl)C=CC([C@@H]3O[C@H](C=O)[C@@H](O)[C@H](O)[C@H]3O)C=C2)cc1. The second-order valence-corrected chi connectivity index (χ2v) is 7.50. The smallest absolute Gasteiger partial charge is 0.151 e. The largest absolute Gasteiger partial charge is 0.494 e. The van der Waals surface area contributed by atoms with E-state index in [9.17, 15) is 20.1 Å². The molecule has 1 heterocycles. The molecule has 6 atom stereocenters. The van der Waals surface area contributed by atoms with Gasteiger partial charge in [0.25, 0.3) is 0 Å². The Kier molecular flexibility index (Phi) is 7.27. The lowest BCUT2D eigenvalue weighted by Crippen LogP contribution is -2.59. The van der Waals surface area contributed by atoms with Crippen molar-refractivity contribution in [2.45, 2.75) is 43.9 Å². The van der Waals surface area contributed by atoms with Crippen molar-refractivity contribution in [2.24, 2.45) is 5.92 Å². The molecule has 1 saturated heterocycles. The maximum absolute atomic E-state index is 11.1. The van der Waals surface area contributed by atoms with Crippen molar-refractivity contribution in [3.05, 3.63) is 64.7 Å². The summed E-state index contributed by atoms with van der Waals surface area (Å²) in [6, 6.07) is 7.76. The van der Waals surface area contributed by atoms with Gasteiger partial charge in [0.1, 0.15) is 30.2 Å². The van der Waals surface area contributed by atoms with Crippen LogP contribution in [0.4, 0.5) is 0 Å². The van der Waals surface area contributed by atoms with Gasteiger partial charge in [-0.05, 0) is 42.7 Å². The predicted molar refractivity (Wildman–Crippen MR) is 109 cm³/mol. The molecule has 156 valence electrons. The quantitative estimate of drug-likeness (QED) is 0.608. The average molecular weight is 421 g/mol. The highest BCUT2D eigenvalue weighted by atomic mass is 35.5. The Morgan fingerprint density at radius 2 is 1.76 bits per heavy atom. The van der Waals surface area contributed by atoms with Gasteiger partial charge in [-0.1, -0.05) is 42.0 Å². The molecule has 0 spiro atoms. The number of allylic oxidation sites excluding steroid dienone is 4. The highest BCUT2D eigenvalue weighted by Crippen LogP contribution is 2.30. The molecule has 1 aliphatic heterocycles. The molecule has 7 heteroatoms. The van der Waals surface area contributed by atoms with E-state index >= 15 is 0 Å². The van der Waals surface area contributed by atoms with Crippen molar-refractivity contribution in [3.63, 3.8) is 0 Å². The molecule has 1 aromatic rings. The maximum Gasteiger partial charge on any atom is 0.151 e. The van der Waals surface area contributed by atoms with Gasteiger partial charge in [-0.3, -0.25) is 0 Å². The third-order valence-corrected chi connectivity index (χ3v) is 5.49. The van der Waals surface area contributed by atoms with Gasteiger partial charge in [0.2, 0.25) is 0 Å². The summed E-state index contributed by atoms with van der Waals surface area (Å²) in [6.45, 7) is 2.54. The van der Waals surface area contributed by atoms with Crippen molar-refractivity contribution >= 4 is 17.9 Å². The fourth-order valence-corrected chi connectivity index (χ4v) is 3.69. The first-order valence-corrected chi connectivity index (χ1v) is 9.94.